The van der Waals surface area contributed by atoms with Crippen LogP contribution in [-0.2, 0) is 9.53 Å². The van der Waals surface area contributed by atoms with Gasteiger partial charge in [-0.2, -0.15) is 0 Å². The van der Waals surface area contributed by atoms with Crippen molar-refractivity contribution in [2.75, 3.05) is 13.6 Å². The number of fused-ring (bicyclic) bond motifs is 2. The molecule has 1 saturated heterocycles. The molecule has 1 amide bonds. The molecule has 2 fully saturated rings. The number of aliphatic hydroxyl groups excluding tert-OH is 1. The van der Waals surface area contributed by atoms with Gasteiger partial charge in [-0.15, -0.1) is 6.58 Å². The molecule has 1 N–H and O–H groups in total. The van der Waals surface area contributed by atoms with Crippen molar-refractivity contribution in [3.8, 4) is 0 Å². The van der Waals surface area contributed by atoms with E-state index in [9.17, 15) is 9.90 Å². The van der Waals surface area contributed by atoms with Gasteiger partial charge in [0.1, 0.15) is 0 Å². The standard InChI is InChI=1S/C14H23NO3/c1-3-4-5-6-7-15(2)13(16)11-8-10-9-12(11)14(17)18-10/h3,10-12,14,17H,1,4-9H2,2H3. The third-order valence-corrected chi connectivity index (χ3v) is 4.11. The van der Waals surface area contributed by atoms with Crippen LogP contribution >= 0.6 is 0 Å². The van der Waals surface area contributed by atoms with Crippen LogP contribution in [0, 0.1) is 11.8 Å². The average molecular weight is 253 g/mol. The summed E-state index contributed by atoms with van der Waals surface area (Å²) < 4.78 is 5.31. The largest absolute Gasteiger partial charge is 0.368 e. The van der Waals surface area contributed by atoms with E-state index < -0.39 is 6.29 Å². The summed E-state index contributed by atoms with van der Waals surface area (Å²) in [6.07, 6.45) is 5.96. The number of rotatable bonds is 6. The first-order chi connectivity index (χ1) is 8.63. The maximum absolute atomic E-state index is 12.3. The molecular weight excluding hydrogens is 230 g/mol. The smallest absolute Gasteiger partial charge is 0.225 e. The Balaban J connectivity index is 1.78. The topological polar surface area (TPSA) is 49.8 Å². The third kappa shape index (κ3) is 2.75. The van der Waals surface area contributed by atoms with E-state index >= 15 is 0 Å². The quantitative estimate of drug-likeness (QED) is 0.577. The molecule has 0 radical (unpaired) electrons. The van der Waals surface area contributed by atoms with Gasteiger partial charge in [0.15, 0.2) is 6.29 Å². The molecule has 0 spiro atoms. The highest BCUT2D eigenvalue weighted by Crippen LogP contribution is 2.44. The van der Waals surface area contributed by atoms with E-state index in [0.717, 1.165) is 38.6 Å². The number of hydrogen-bond donors (Lipinski definition) is 1. The number of unbranched alkanes of at least 4 members (excludes halogenated alkanes) is 2. The van der Waals surface area contributed by atoms with Crippen LogP contribution in [0.4, 0.5) is 0 Å². The molecule has 102 valence electrons. The molecule has 4 heteroatoms. The molecule has 18 heavy (non-hydrogen) atoms. The lowest BCUT2D eigenvalue weighted by Crippen LogP contribution is -2.40. The predicted octanol–water partition coefficient (Wildman–Crippen LogP) is 1.54. The van der Waals surface area contributed by atoms with Crippen molar-refractivity contribution in [2.24, 2.45) is 11.8 Å². The maximum atomic E-state index is 12.3. The van der Waals surface area contributed by atoms with E-state index in [2.05, 4.69) is 6.58 Å². The van der Waals surface area contributed by atoms with Gasteiger partial charge in [-0.05, 0) is 32.1 Å². The third-order valence-electron chi connectivity index (χ3n) is 4.11. The van der Waals surface area contributed by atoms with Gasteiger partial charge in [-0.3, -0.25) is 4.79 Å². The Bertz CT molecular complexity index is 318. The molecule has 2 aliphatic rings. The Hall–Kier alpha value is -0.870. The van der Waals surface area contributed by atoms with Crippen LogP contribution < -0.4 is 0 Å². The lowest BCUT2D eigenvalue weighted by atomic mass is 9.93. The van der Waals surface area contributed by atoms with Crippen molar-refractivity contribution in [1.29, 1.82) is 0 Å². The van der Waals surface area contributed by atoms with E-state index in [-0.39, 0.29) is 23.8 Å². The van der Waals surface area contributed by atoms with Crippen molar-refractivity contribution in [2.45, 2.75) is 44.5 Å². The molecule has 4 unspecified atom stereocenters. The van der Waals surface area contributed by atoms with Crippen molar-refractivity contribution in [3.05, 3.63) is 12.7 Å². The lowest BCUT2D eigenvalue weighted by Gasteiger charge is -2.29. The second-order valence-corrected chi connectivity index (χ2v) is 5.43. The minimum Gasteiger partial charge on any atom is -0.368 e. The minimum absolute atomic E-state index is 0.0122. The normalized spacial score (nSPS) is 33.7. The fraction of sp³-hybridized carbons (Fsp3) is 0.786. The zero-order valence-electron chi connectivity index (χ0n) is 11.0. The summed E-state index contributed by atoms with van der Waals surface area (Å²) in [5.74, 6) is 0.143. The Kier molecular flexibility index (Phi) is 4.40. The van der Waals surface area contributed by atoms with E-state index in [4.69, 9.17) is 4.74 Å². The van der Waals surface area contributed by atoms with E-state index in [1.165, 1.54) is 0 Å². The average Bonchev–Trinajstić information content (AvgIpc) is 2.92. The number of carbonyl (C=O) groups excluding carboxylic acids is 1. The van der Waals surface area contributed by atoms with Gasteiger partial charge in [0, 0.05) is 25.4 Å². The molecule has 1 aliphatic heterocycles. The van der Waals surface area contributed by atoms with Crippen molar-refractivity contribution >= 4 is 5.91 Å². The van der Waals surface area contributed by atoms with E-state index in [0.29, 0.717) is 0 Å². The molecule has 0 aromatic rings. The number of ether oxygens (including phenoxy) is 1. The summed E-state index contributed by atoms with van der Waals surface area (Å²) in [7, 11) is 1.86. The maximum Gasteiger partial charge on any atom is 0.225 e. The second-order valence-electron chi connectivity index (χ2n) is 5.43. The number of allylic oxidation sites excluding steroid dienone is 1. The Labute approximate surface area is 109 Å². The van der Waals surface area contributed by atoms with Crippen molar-refractivity contribution < 1.29 is 14.6 Å². The highest BCUT2D eigenvalue weighted by atomic mass is 16.6. The number of amides is 1. The summed E-state index contributed by atoms with van der Waals surface area (Å²) in [6.45, 7) is 4.48. The van der Waals surface area contributed by atoms with Gasteiger partial charge in [-0.25, -0.2) is 0 Å². The van der Waals surface area contributed by atoms with E-state index in [1.54, 1.807) is 4.90 Å². The van der Waals surface area contributed by atoms with Gasteiger partial charge >= 0.3 is 0 Å². The molecule has 1 heterocycles. The SMILES string of the molecule is C=CCCCCN(C)C(=O)C1CC2CC1C(O)O2. The molecule has 2 rings (SSSR count). The van der Waals surface area contributed by atoms with Gasteiger partial charge in [-0.1, -0.05) is 6.08 Å². The number of hydrogen-bond acceptors (Lipinski definition) is 3. The first-order valence-electron chi connectivity index (χ1n) is 6.83. The predicted molar refractivity (Wildman–Crippen MR) is 68.8 cm³/mol. The summed E-state index contributed by atoms with van der Waals surface area (Å²) in [5.41, 5.74) is 0. The Morgan fingerprint density at radius 1 is 1.50 bits per heavy atom. The van der Waals surface area contributed by atoms with Gasteiger partial charge in [0.25, 0.3) is 0 Å². The summed E-state index contributed by atoms with van der Waals surface area (Å²) in [4.78, 5) is 14.1. The summed E-state index contributed by atoms with van der Waals surface area (Å²) in [5, 5.41) is 9.66. The summed E-state index contributed by atoms with van der Waals surface area (Å²) >= 11 is 0. The molecule has 4 nitrogen and oxygen atoms in total. The monoisotopic (exact) mass is 253 g/mol. The highest BCUT2D eigenvalue weighted by Gasteiger charge is 2.50. The van der Waals surface area contributed by atoms with Gasteiger partial charge < -0.3 is 14.7 Å². The summed E-state index contributed by atoms with van der Waals surface area (Å²) in [6, 6.07) is 0. The van der Waals surface area contributed by atoms with Crippen molar-refractivity contribution in [1.82, 2.24) is 4.90 Å². The van der Waals surface area contributed by atoms with Crippen molar-refractivity contribution in [3.63, 3.8) is 0 Å². The molecule has 1 aliphatic carbocycles. The van der Waals surface area contributed by atoms with Crippen LogP contribution in [0.1, 0.15) is 32.1 Å². The molecular formula is C14H23NO3. The number of aliphatic hydroxyl groups is 1. The Morgan fingerprint density at radius 2 is 2.28 bits per heavy atom. The van der Waals surface area contributed by atoms with Gasteiger partial charge in [0.05, 0.1) is 6.10 Å². The number of carbonyl (C=O) groups is 1. The zero-order valence-corrected chi connectivity index (χ0v) is 11.0. The fourth-order valence-corrected chi connectivity index (χ4v) is 3.06. The molecule has 1 saturated carbocycles. The van der Waals surface area contributed by atoms with Gasteiger partial charge in [0.2, 0.25) is 5.91 Å². The van der Waals surface area contributed by atoms with Crippen LogP contribution in [0.2, 0.25) is 0 Å². The Morgan fingerprint density at radius 3 is 2.89 bits per heavy atom. The highest BCUT2D eigenvalue weighted by molar-refractivity contribution is 5.79. The zero-order chi connectivity index (χ0) is 13.1. The molecule has 2 bridgehead atoms. The molecule has 0 aromatic carbocycles. The van der Waals surface area contributed by atoms with Crippen LogP contribution in [0.3, 0.4) is 0 Å². The fourth-order valence-electron chi connectivity index (χ4n) is 3.06. The van der Waals surface area contributed by atoms with Crippen LogP contribution in [0.5, 0.6) is 0 Å². The number of nitrogens with zero attached hydrogens (tertiary/aromatic N) is 1. The first-order valence-corrected chi connectivity index (χ1v) is 6.83. The lowest BCUT2D eigenvalue weighted by molar-refractivity contribution is -0.162. The molecule has 0 aromatic heterocycles. The van der Waals surface area contributed by atoms with Crippen LogP contribution in [0.25, 0.3) is 0 Å². The van der Waals surface area contributed by atoms with Crippen LogP contribution in [0.15, 0.2) is 12.7 Å². The minimum atomic E-state index is -0.730. The van der Waals surface area contributed by atoms with E-state index in [1.807, 2.05) is 13.1 Å². The first kappa shape index (κ1) is 13.6. The second kappa shape index (κ2) is 5.85. The van der Waals surface area contributed by atoms with Crippen LogP contribution in [-0.4, -0.2) is 41.9 Å². The molecule has 4 atom stereocenters.